The summed E-state index contributed by atoms with van der Waals surface area (Å²) in [5.74, 6) is 0.775. The van der Waals surface area contributed by atoms with E-state index in [1.54, 1.807) is 25.4 Å². The molecule has 1 saturated heterocycles. The first-order valence-corrected chi connectivity index (χ1v) is 8.72. The highest BCUT2D eigenvalue weighted by molar-refractivity contribution is 7.89. The number of rotatable bonds is 6. The molecule has 0 aromatic carbocycles. The Morgan fingerprint density at radius 2 is 2.14 bits per heavy atom. The quantitative estimate of drug-likeness (QED) is 0.863. The number of nitrogens with zero attached hydrogens (tertiary/aromatic N) is 2. The smallest absolute Gasteiger partial charge is 0.246 e. The summed E-state index contributed by atoms with van der Waals surface area (Å²) in [5.41, 5.74) is 0. The van der Waals surface area contributed by atoms with Crippen molar-refractivity contribution < 1.29 is 13.2 Å². The summed E-state index contributed by atoms with van der Waals surface area (Å²) in [6, 6.07) is 3.25. The molecule has 7 heteroatoms. The van der Waals surface area contributed by atoms with Gasteiger partial charge in [-0.3, -0.25) is 0 Å². The Kier molecular flexibility index (Phi) is 5.55. The van der Waals surface area contributed by atoms with Crippen LogP contribution in [0.25, 0.3) is 0 Å². The van der Waals surface area contributed by atoms with Crippen molar-refractivity contribution in [2.45, 2.75) is 24.7 Å². The number of pyridine rings is 1. The zero-order chi connectivity index (χ0) is 15.3. The fourth-order valence-corrected chi connectivity index (χ4v) is 3.82. The predicted molar refractivity (Wildman–Crippen MR) is 81.8 cm³/mol. The van der Waals surface area contributed by atoms with E-state index in [0.717, 1.165) is 12.8 Å². The lowest BCUT2D eigenvalue weighted by atomic mass is 10.0. The van der Waals surface area contributed by atoms with Crippen LogP contribution in [0.1, 0.15) is 19.8 Å². The maximum Gasteiger partial charge on any atom is 0.246 e. The van der Waals surface area contributed by atoms with E-state index in [0.29, 0.717) is 38.0 Å². The van der Waals surface area contributed by atoms with Gasteiger partial charge < -0.3 is 10.1 Å². The molecule has 6 nitrogen and oxygen atoms in total. The highest BCUT2D eigenvalue weighted by Gasteiger charge is 2.27. The molecule has 1 aromatic rings. The van der Waals surface area contributed by atoms with E-state index in [1.165, 1.54) is 4.31 Å². The minimum absolute atomic E-state index is 0.237. The van der Waals surface area contributed by atoms with Gasteiger partial charge in [0.1, 0.15) is 10.7 Å². The van der Waals surface area contributed by atoms with Gasteiger partial charge in [-0.2, -0.15) is 0 Å². The normalized spacial score (nSPS) is 17.1. The highest BCUT2D eigenvalue weighted by atomic mass is 32.2. The van der Waals surface area contributed by atoms with Crippen LogP contribution in [0.15, 0.2) is 23.2 Å². The van der Waals surface area contributed by atoms with Gasteiger partial charge in [0.2, 0.25) is 10.0 Å². The standard InChI is InChI=1S/C14H23N3O3S/c1-3-15-14-13(5-4-8-16-14)21(18,19)17(2)11-12-6-9-20-10-7-12/h4-5,8,12H,3,6-7,9-11H2,1-2H3,(H,15,16). The van der Waals surface area contributed by atoms with Crippen LogP contribution in [-0.2, 0) is 14.8 Å². The molecule has 0 amide bonds. The molecule has 0 aliphatic carbocycles. The van der Waals surface area contributed by atoms with Gasteiger partial charge in [0, 0.05) is 39.5 Å². The zero-order valence-corrected chi connectivity index (χ0v) is 13.4. The summed E-state index contributed by atoms with van der Waals surface area (Å²) in [4.78, 5) is 4.36. The Balaban J connectivity index is 2.16. The molecule has 2 heterocycles. The minimum Gasteiger partial charge on any atom is -0.381 e. The van der Waals surface area contributed by atoms with Crippen molar-refractivity contribution in [1.82, 2.24) is 9.29 Å². The summed E-state index contributed by atoms with van der Waals surface area (Å²) in [6.07, 6.45) is 3.41. The molecule has 2 rings (SSSR count). The second-order valence-corrected chi connectivity index (χ2v) is 7.24. The molecule has 0 bridgehead atoms. The molecule has 1 N–H and O–H groups in total. The van der Waals surface area contributed by atoms with Gasteiger partial charge in [-0.15, -0.1) is 0 Å². The summed E-state index contributed by atoms with van der Waals surface area (Å²) < 4.78 is 32.2. The van der Waals surface area contributed by atoms with Gasteiger partial charge in [0.15, 0.2) is 0 Å². The lowest BCUT2D eigenvalue weighted by molar-refractivity contribution is 0.0620. The molecule has 0 unspecified atom stereocenters. The Morgan fingerprint density at radius 3 is 2.81 bits per heavy atom. The first kappa shape index (κ1) is 16.2. The average molecular weight is 313 g/mol. The van der Waals surface area contributed by atoms with Crippen molar-refractivity contribution >= 4 is 15.8 Å². The largest absolute Gasteiger partial charge is 0.381 e. The molecule has 21 heavy (non-hydrogen) atoms. The number of aromatic nitrogens is 1. The Labute approximate surface area is 126 Å². The Hall–Kier alpha value is -1.18. The van der Waals surface area contributed by atoms with Gasteiger partial charge in [-0.05, 0) is 37.8 Å². The van der Waals surface area contributed by atoms with Crippen LogP contribution < -0.4 is 5.32 Å². The molecule has 0 spiro atoms. The van der Waals surface area contributed by atoms with E-state index >= 15 is 0 Å². The van der Waals surface area contributed by atoms with Crippen molar-refractivity contribution in [3.05, 3.63) is 18.3 Å². The SMILES string of the molecule is CCNc1ncccc1S(=O)(=O)N(C)CC1CCOCC1. The van der Waals surface area contributed by atoms with Crippen LogP contribution in [0.2, 0.25) is 0 Å². The number of hydrogen-bond acceptors (Lipinski definition) is 5. The monoisotopic (exact) mass is 313 g/mol. The van der Waals surface area contributed by atoms with E-state index in [4.69, 9.17) is 4.74 Å². The molecule has 1 fully saturated rings. The number of hydrogen-bond donors (Lipinski definition) is 1. The maximum atomic E-state index is 12.7. The van der Waals surface area contributed by atoms with Crippen LogP contribution in [0.5, 0.6) is 0 Å². The Bertz CT molecular complexity index is 556. The highest BCUT2D eigenvalue weighted by Crippen LogP contribution is 2.24. The molecule has 0 atom stereocenters. The summed E-state index contributed by atoms with van der Waals surface area (Å²) in [7, 11) is -1.89. The van der Waals surface area contributed by atoms with Crippen molar-refractivity contribution in [1.29, 1.82) is 0 Å². The van der Waals surface area contributed by atoms with E-state index in [9.17, 15) is 8.42 Å². The first-order valence-electron chi connectivity index (χ1n) is 7.28. The molecular formula is C14H23N3O3S. The van der Waals surface area contributed by atoms with Crippen molar-refractivity contribution in [3.8, 4) is 0 Å². The third-order valence-electron chi connectivity index (χ3n) is 3.66. The fourth-order valence-electron chi connectivity index (χ4n) is 2.46. The molecule has 118 valence electrons. The Morgan fingerprint density at radius 1 is 1.43 bits per heavy atom. The molecule has 0 saturated carbocycles. The van der Waals surface area contributed by atoms with Crippen LogP contribution in [0.3, 0.4) is 0 Å². The number of anilines is 1. The lowest BCUT2D eigenvalue weighted by Crippen LogP contribution is -2.34. The van der Waals surface area contributed by atoms with E-state index in [1.807, 2.05) is 6.92 Å². The minimum atomic E-state index is -3.52. The topological polar surface area (TPSA) is 71.5 Å². The lowest BCUT2D eigenvalue weighted by Gasteiger charge is -2.27. The van der Waals surface area contributed by atoms with Crippen LogP contribution >= 0.6 is 0 Å². The first-order chi connectivity index (χ1) is 10.1. The van der Waals surface area contributed by atoms with Gasteiger partial charge >= 0.3 is 0 Å². The molecule has 0 radical (unpaired) electrons. The number of sulfonamides is 1. The van der Waals surface area contributed by atoms with E-state index < -0.39 is 10.0 Å². The zero-order valence-electron chi connectivity index (χ0n) is 12.6. The van der Waals surface area contributed by atoms with E-state index in [-0.39, 0.29) is 4.90 Å². The predicted octanol–water partition coefficient (Wildman–Crippen LogP) is 1.56. The molecule has 1 aliphatic rings. The summed E-state index contributed by atoms with van der Waals surface area (Å²) in [6.45, 7) is 4.49. The van der Waals surface area contributed by atoms with Gasteiger partial charge in [-0.1, -0.05) is 0 Å². The van der Waals surface area contributed by atoms with Gasteiger partial charge in [-0.25, -0.2) is 17.7 Å². The van der Waals surface area contributed by atoms with Crippen LogP contribution in [0, 0.1) is 5.92 Å². The average Bonchev–Trinajstić information content (AvgIpc) is 2.49. The third kappa shape index (κ3) is 3.93. The van der Waals surface area contributed by atoms with Crippen LogP contribution in [-0.4, -0.2) is 51.1 Å². The second kappa shape index (κ2) is 7.20. The third-order valence-corrected chi connectivity index (χ3v) is 5.51. The summed E-state index contributed by atoms with van der Waals surface area (Å²) >= 11 is 0. The fraction of sp³-hybridized carbons (Fsp3) is 0.643. The van der Waals surface area contributed by atoms with Gasteiger partial charge in [0.25, 0.3) is 0 Å². The maximum absolute atomic E-state index is 12.7. The molecule has 1 aliphatic heterocycles. The van der Waals surface area contributed by atoms with Crippen molar-refractivity contribution in [2.24, 2.45) is 5.92 Å². The number of nitrogens with one attached hydrogen (secondary N) is 1. The second-order valence-electron chi connectivity index (χ2n) is 5.22. The van der Waals surface area contributed by atoms with Crippen molar-refractivity contribution in [2.75, 3.05) is 38.7 Å². The summed E-state index contributed by atoms with van der Waals surface area (Å²) in [5, 5.41) is 3.00. The molecule has 1 aromatic heterocycles. The van der Waals surface area contributed by atoms with Crippen molar-refractivity contribution in [3.63, 3.8) is 0 Å². The number of ether oxygens (including phenoxy) is 1. The molecular weight excluding hydrogens is 290 g/mol. The van der Waals surface area contributed by atoms with Crippen LogP contribution in [0.4, 0.5) is 5.82 Å². The van der Waals surface area contributed by atoms with E-state index in [2.05, 4.69) is 10.3 Å². The van der Waals surface area contributed by atoms with Gasteiger partial charge in [0.05, 0.1) is 0 Å².